The quantitative estimate of drug-likeness (QED) is 0.172. The van der Waals surface area contributed by atoms with E-state index in [1.807, 2.05) is 0 Å². The first-order valence-corrected chi connectivity index (χ1v) is 17.8. The van der Waals surface area contributed by atoms with Crippen LogP contribution in [-0.2, 0) is 0 Å². The van der Waals surface area contributed by atoms with Gasteiger partial charge >= 0.3 is 0 Å². The number of nitrogens with zero attached hydrogens (tertiary/aromatic N) is 2. The molecule has 0 bridgehead atoms. The van der Waals surface area contributed by atoms with Crippen LogP contribution in [0.15, 0.2) is 206 Å². The van der Waals surface area contributed by atoms with E-state index in [0.717, 1.165) is 22.7 Å². The minimum Gasteiger partial charge on any atom is -0.310 e. The largest absolute Gasteiger partial charge is 0.310 e. The average molecular weight is 663 g/mol. The summed E-state index contributed by atoms with van der Waals surface area (Å²) in [5, 5.41) is 7.45. The van der Waals surface area contributed by atoms with Crippen molar-refractivity contribution in [2.75, 3.05) is 4.90 Å². The minimum absolute atomic E-state index is 1.11. The Morgan fingerprint density at radius 2 is 0.827 bits per heavy atom. The van der Waals surface area contributed by atoms with Gasteiger partial charge in [-0.05, 0) is 123 Å². The van der Waals surface area contributed by atoms with Gasteiger partial charge in [-0.2, -0.15) is 0 Å². The SMILES string of the molecule is c1ccc(N(c2cccc(-c3ccc4ccc(-c5ccc6ccccc6c5)cc4c3)c2)c2ccc3c(c2)c2ccccc2n3-c2ccccc2)cc1. The fraction of sp³-hybridized carbons (Fsp3) is 0. The topological polar surface area (TPSA) is 8.17 Å². The maximum absolute atomic E-state index is 2.37. The van der Waals surface area contributed by atoms with Gasteiger partial charge in [0, 0.05) is 33.5 Å². The maximum Gasteiger partial charge on any atom is 0.0542 e. The molecule has 1 heterocycles. The molecule has 0 radical (unpaired) electrons. The van der Waals surface area contributed by atoms with E-state index in [1.165, 1.54) is 65.6 Å². The lowest BCUT2D eigenvalue weighted by atomic mass is 9.96. The molecule has 0 amide bonds. The van der Waals surface area contributed by atoms with Crippen LogP contribution in [0.3, 0.4) is 0 Å². The molecule has 0 aliphatic carbocycles. The van der Waals surface area contributed by atoms with Crippen molar-refractivity contribution in [1.82, 2.24) is 4.57 Å². The van der Waals surface area contributed by atoms with Crippen LogP contribution in [0.5, 0.6) is 0 Å². The zero-order chi connectivity index (χ0) is 34.4. The van der Waals surface area contributed by atoms with Crippen molar-refractivity contribution >= 4 is 60.4 Å². The molecule has 9 aromatic carbocycles. The molecule has 0 aliphatic heterocycles. The molecule has 244 valence electrons. The van der Waals surface area contributed by atoms with Crippen molar-refractivity contribution in [1.29, 1.82) is 0 Å². The molecule has 10 aromatic rings. The summed E-state index contributed by atoms with van der Waals surface area (Å²) in [6, 6.07) is 74.7. The Morgan fingerprint density at radius 3 is 1.58 bits per heavy atom. The molecular weight excluding hydrogens is 629 g/mol. The van der Waals surface area contributed by atoms with Gasteiger partial charge in [0.1, 0.15) is 0 Å². The summed E-state index contributed by atoms with van der Waals surface area (Å²) < 4.78 is 2.37. The monoisotopic (exact) mass is 662 g/mol. The Kier molecular flexibility index (Phi) is 7.18. The van der Waals surface area contributed by atoms with Gasteiger partial charge in [0.25, 0.3) is 0 Å². The second-order valence-corrected chi connectivity index (χ2v) is 13.4. The number of hydrogen-bond acceptors (Lipinski definition) is 1. The second kappa shape index (κ2) is 12.5. The van der Waals surface area contributed by atoms with Gasteiger partial charge in [0.05, 0.1) is 11.0 Å². The summed E-state index contributed by atoms with van der Waals surface area (Å²) in [5.74, 6) is 0. The number of hydrogen-bond donors (Lipinski definition) is 0. The molecular formula is C50H34N2. The van der Waals surface area contributed by atoms with Crippen molar-refractivity contribution in [2.45, 2.75) is 0 Å². The van der Waals surface area contributed by atoms with Crippen LogP contribution >= 0.6 is 0 Å². The Balaban J connectivity index is 1.08. The lowest BCUT2D eigenvalue weighted by molar-refractivity contribution is 1.18. The zero-order valence-corrected chi connectivity index (χ0v) is 28.5. The molecule has 0 N–H and O–H groups in total. The van der Waals surface area contributed by atoms with Crippen LogP contribution < -0.4 is 4.90 Å². The van der Waals surface area contributed by atoms with Crippen LogP contribution in [0.4, 0.5) is 17.1 Å². The van der Waals surface area contributed by atoms with Crippen LogP contribution in [0.2, 0.25) is 0 Å². The first kappa shape index (κ1) is 30.0. The van der Waals surface area contributed by atoms with Gasteiger partial charge in [-0.25, -0.2) is 0 Å². The first-order valence-electron chi connectivity index (χ1n) is 17.8. The number of fused-ring (bicyclic) bond motifs is 5. The Labute approximate surface area is 303 Å². The zero-order valence-electron chi connectivity index (χ0n) is 28.5. The Morgan fingerprint density at radius 1 is 0.288 bits per heavy atom. The number of para-hydroxylation sites is 3. The maximum atomic E-state index is 2.37. The smallest absolute Gasteiger partial charge is 0.0542 e. The predicted octanol–water partition coefficient (Wildman–Crippen LogP) is 13.9. The molecule has 0 fully saturated rings. The molecule has 0 spiro atoms. The third kappa shape index (κ3) is 5.21. The van der Waals surface area contributed by atoms with Crippen LogP contribution in [0, 0.1) is 0 Å². The van der Waals surface area contributed by atoms with Gasteiger partial charge in [-0.15, -0.1) is 0 Å². The minimum atomic E-state index is 1.11. The molecule has 52 heavy (non-hydrogen) atoms. The molecule has 2 heteroatoms. The number of anilines is 3. The van der Waals surface area contributed by atoms with E-state index in [4.69, 9.17) is 0 Å². The molecule has 0 atom stereocenters. The molecule has 0 saturated heterocycles. The van der Waals surface area contributed by atoms with Crippen molar-refractivity contribution in [2.24, 2.45) is 0 Å². The van der Waals surface area contributed by atoms with Crippen LogP contribution in [0.1, 0.15) is 0 Å². The van der Waals surface area contributed by atoms with Crippen molar-refractivity contribution < 1.29 is 0 Å². The summed E-state index contributed by atoms with van der Waals surface area (Å²) >= 11 is 0. The van der Waals surface area contributed by atoms with E-state index in [-0.39, 0.29) is 0 Å². The number of benzene rings is 9. The summed E-state index contributed by atoms with van der Waals surface area (Å²) in [6.07, 6.45) is 0. The molecule has 10 rings (SSSR count). The summed E-state index contributed by atoms with van der Waals surface area (Å²) in [7, 11) is 0. The van der Waals surface area contributed by atoms with E-state index >= 15 is 0 Å². The number of aromatic nitrogens is 1. The fourth-order valence-corrected chi connectivity index (χ4v) is 7.78. The third-order valence-electron chi connectivity index (χ3n) is 10.3. The van der Waals surface area contributed by atoms with Crippen LogP contribution in [-0.4, -0.2) is 4.57 Å². The Hall–Kier alpha value is -6.90. The van der Waals surface area contributed by atoms with Gasteiger partial charge in [0.15, 0.2) is 0 Å². The lowest BCUT2D eigenvalue weighted by Crippen LogP contribution is -2.09. The van der Waals surface area contributed by atoms with E-state index in [0.29, 0.717) is 0 Å². The van der Waals surface area contributed by atoms with E-state index < -0.39 is 0 Å². The molecule has 0 saturated carbocycles. The highest BCUT2D eigenvalue weighted by molar-refractivity contribution is 6.10. The first-order chi connectivity index (χ1) is 25.8. The standard InChI is InChI=1S/C50H34N2/c1-3-15-43(16-4-1)51(46-28-29-50-48(34-46)47-20-9-10-21-49(47)52(50)44-17-5-2-6-18-44)45-19-11-14-38(33-45)40-26-23-36-24-27-41(32-42(36)31-40)39-25-22-35-12-7-8-13-37(35)30-39/h1-34H. The normalized spacial score (nSPS) is 11.5. The molecule has 1 aromatic heterocycles. The van der Waals surface area contributed by atoms with Gasteiger partial charge in [-0.1, -0.05) is 127 Å². The number of rotatable bonds is 6. The summed E-state index contributed by atoms with van der Waals surface area (Å²) in [6.45, 7) is 0. The van der Waals surface area contributed by atoms with Gasteiger partial charge in [-0.3, -0.25) is 0 Å². The second-order valence-electron chi connectivity index (χ2n) is 13.4. The van der Waals surface area contributed by atoms with Gasteiger partial charge in [0.2, 0.25) is 0 Å². The van der Waals surface area contributed by atoms with E-state index in [1.54, 1.807) is 0 Å². The Bertz CT molecular complexity index is 2900. The highest BCUT2D eigenvalue weighted by atomic mass is 15.1. The summed E-state index contributed by atoms with van der Waals surface area (Å²) in [4.78, 5) is 2.37. The molecule has 0 aliphatic rings. The lowest BCUT2D eigenvalue weighted by Gasteiger charge is -2.26. The highest BCUT2D eigenvalue weighted by Crippen LogP contribution is 2.41. The highest BCUT2D eigenvalue weighted by Gasteiger charge is 2.18. The van der Waals surface area contributed by atoms with E-state index in [2.05, 4.69) is 216 Å². The van der Waals surface area contributed by atoms with Crippen molar-refractivity contribution in [3.05, 3.63) is 206 Å². The molecule has 0 unspecified atom stereocenters. The summed E-state index contributed by atoms with van der Waals surface area (Å²) in [5.41, 5.74) is 11.7. The third-order valence-corrected chi connectivity index (χ3v) is 10.3. The fourth-order valence-electron chi connectivity index (χ4n) is 7.78. The average Bonchev–Trinajstić information content (AvgIpc) is 3.55. The molecule has 2 nitrogen and oxygen atoms in total. The predicted molar refractivity (Wildman–Crippen MR) is 221 cm³/mol. The van der Waals surface area contributed by atoms with E-state index in [9.17, 15) is 0 Å². The van der Waals surface area contributed by atoms with Gasteiger partial charge < -0.3 is 9.47 Å². The van der Waals surface area contributed by atoms with Crippen LogP contribution in [0.25, 0.3) is 71.3 Å². The van der Waals surface area contributed by atoms with Crippen molar-refractivity contribution in [3.63, 3.8) is 0 Å². The van der Waals surface area contributed by atoms with Crippen molar-refractivity contribution in [3.8, 4) is 27.9 Å².